The first-order chi connectivity index (χ1) is 19.8. The van der Waals surface area contributed by atoms with Crippen LogP contribution in [0.1, 0.15) is 55.8 Å². The fourth-order valence-corrected chi connectivity index (χ4v) is 6.62. The summed E-state index contributed by atoms with van der Waals surface area (Å²) in [5.74, 6) is -0.297. The second-order valence-electron chi connectivity index (χ2n) is 10.4. The molecule has 7 nitrogen and oxygen atoms in total. The van der Waals surface area contributed by atoms with Crippen molar-refractivity contribution in [2.45, 2.75) is 51.7 Å². The molecule has 0 saturated carbocycles. The number of ketones is 1. The van der Waals surface area contributed by atoms with E-state index in [0.29, 0.717) is 45.6 Å². The highest BCUT2D eigenvalue weighted by atomic mass is 35.5. The maximum absolute atomic E-state index is 13.6. The van der Waals surface area contributed by atoms with Crippen molar-refractivity contribution in [3.63, 3.8) is 0 Å². The van der Waals surface area contributed by atoms with Crippen molar-refractivity contribution in [3.8, 4) is 11.5 Å². The Bertz CT molecular complexity index is 1680. The van der Waals surface area contributed by atoms with Crippen LogP contribution in [0.25, 0.3) is 16.0 Å². The molecule has 1 N–H and O–H groups in total. The van der Waals surface area contributed by atoms with Gasteiger partial charge in [0.1, 0.15) is 23.4 Å². The molecule has 2 atom stereocenters. The van der Waals surface area contributed by atoms with Crippen LogP contribution >= 0.6 is 22.9 Å². The lowest BCUT2D eigenvalue weighted by atomic mass is 9.94. The Morgan fingerprint density at radius 1 is 1.12 bits per heavy atom. The van der Waals surface area contributed by atoms with Crippen molar-refractivity contribution >= 4 is 55.7 Å². The summed E-state index contributed by atoms with van der Waals surface area (Å²) in [5.41, 5.74) is 2.73. The number of Topliss-reactive ketones (excluding diaryl/α,β-unsaturated/α-hetero) is 1. The Morgan fingerprint density at radius 2 is 1.93 bits per heavy atom. The number of anilines is 1. The number of nitrogens with zero attached hydrogens (tertiary/aromatic N) is 2. The summed E-state index contributed by atoms with van der Waals surface area (Å²) in [5, 5.41) is 12.5. The number of carbonyl (C=O) groups is 2. The van der Waals surface area contributed by atoms with Gasteiger partial charge >= 0.3 is 5.91 Å². The van der Waals surface area contributed by atoms with E-state index in [1.54, 1.807) is 30.3 Å². The summed E-state index contributed by atoms with van der Waals surface area (Å²) < 4.78 is 12.5. The molecule has 4 aromatic rings. The number of rotatable bonds is 8. The first kappa shape index (κ1) is 27.3. The van der Waals surface area contributed by atoms with Gasteiger partial charge in [-0.3, -0.25) is 14.5 Å². The number of aliphatic hydroxyl groups is 1. The van der Waals surface area contributed by atoms with E-state index in [-0.39, 0.29) is 17.4 Å². The van der Waals surface area contributed by atoms with Crippen molar-refractivity contribution in [1.82, 2.24) is 4.98 Å². The molecule has 3 heterocycles. The number of benzene rings is 3. The topological polar surface area (TPSA) is 89.0 Å². The van der Waals surface area contributed by atoms with Crippen LogP contribution in [0.5, 0.6) is 11.5 Å². The van der Waals surface area contributed by atoms with Gasteiger partial charge in [0.2, 0.25) is 0 Å². The molecule has 1 aromatic heterocycles. The van der Waals surface area contributed by atoms with Crippen molar-refractivity contribution in [2.75, 3.05) is 11.5 Å². The van der Waals surface area contributed by atoms with E-state index in [2.05, 4.69) is 11.9 Å². The Kier molecular flexibility index (Phi) is 7.45. The lowest BCUT2D eigenvalue weighted by Crippen LogP contribution is -2.29. The van der Waals surface area contributed by atoms with E-state index >= 15 is 0 Å². The minimum absolute atomic E-state index is 0.0100. The van der Waals surface area contributed by atoms with Gasteiger partial charge in [0.15, 0.2) is 5.13 Å². The van der Waals surface area contributed by atoms with Crippen molar-refractivity contribution < 1.29 is 24.2 Å². The van der Waals surface area contributed by atoms with Crippen LogP contribution in [-0.4, -0.2) is 34.5 Å². The maximum atomic E-state index is 13.6. The molecule has 0 spiro atoms. The molecule has 0 radical (unpaired) electrons. The molecule has 0 aliphatic carbocycles. The van der Waals surface area contributed by atoms with Gasteiger partial charge in [-0.25, -0.2) is 4.98 Å². The third kappa shape index (κ3) is 5.18. The molecular formula is C32H29ClN2O5S. The predicted octanol–water partition coefficient (Wildman–Crippen LogP) is 7.47. The van der Waals surface area contributed by atoms with Gasteiger partial charge in [0.05, 0.1) is 28.4 Å². The van der Waals surface area contributed by atoms with E-state index in [1.807, 2.05) is 37.3 Å². The number of unbranched alkanes of at least 4 members (excludes halogenated alkanes) is 2. The van der Waals surface area contributed by atoms with Crippen molar-refractivity contribution in [3.05, 3.63) is 87.9 Å². The number of fused-ring (bicyclic) bond motifs is 2. The van der Waals surface area contributed by atoms with E-state index in [4.69, 9.17) is 21.1 Å². The Morgan fingerprint density at radius 3 is 2.71 bits per heavy atom. The lowest BCUT2D eigenvalue weighted by molar-refractivity contribution is -0.132. The smallest absolute Gasteiger partial charge is 0.301 e. The van der Waals surface area contributed by atoms with E-state index in [0.717, 1.165) is 35.3 Å². The summed E-state index contributed by atoms with van der Waals surface area (Å²) >= 11 is 7.47. The molecular weight excluding hydrogens is 560 g/mol. The number of halogens is 1. The lowest BCUT2D eigenvalue weighted by Gasteiger charge is -2.23. The van der Waals surface area contributed by atoms with Crippen molar-refractivity contribution in [1.29, 1.82) is 0 Å². The quantitative estimate of drug-likeness (QED) is 0.0994. The largest absolute Gasteiger partial charge is 0.507 e. The number of hydrogen-bond acceptors (Lipinski definition) is 7. The van der Waals surface area contributed by atoms with E-state index in [9.17, 15) is 14.7 Å². The molecule has 41 heavy (non-hydrogen) atoms. The SMILES string of the molecule is CCCCCOc1ccc([C@@H]2C(=C(O)c3ccc4c(c3)C[C@H](C)O4)C(=O)C(=O)N2c2nc3ccc(Cl)cc3s2)cc1. The van der Waals surface area contributed by atoms with Gasteiger partial charge in [-0.1, -0.05) is 54.8 Å². The highest BCUT2D eigenvalue weighted by Gasteiger charge is 2.48. The molecule has 6 rings (SSSR count). The number of aromatic nitrogens is 1. The average molecular weight is 589 g/mol. The van der Waals surface area contributed by atoms with Crippen LogP contribution in [0.4, 0.5) is 5.13 Å². The zero-order valence-electron chi connectivity index (χ0n) is 22.7. The molecule has 1 amide bonds. The van der Waals surface area contributed by atoms with Gasteiger partial charge < -0.3 is 14.6 Å². The van der Waals surface area contributed by atoms with Gasteiger partial charge in [0.25, 0.3) is 5.78 Å². The van der Waals surface area contributed by atoms with Gasteiger partial charge in [-0.15, -0.1) is 0 Å². The zero-order valence-corrected chi connectivity index (χ0v) is 24.3. The molecule has 2 aliphatic heterocycles. The monoisotopic (exact) mass is 588 g/mol. The summed E-state index contributed by atoms with van der Waals surface area (Å²) in [6.45, 7) is 4.73. The minimum atomic E-state index is -0.886. The third-order valence-corrected chi connectivity index (χ3v) is 8.62. The number of aliphatic hydroxyl groups excluding tert-OH is 1. The summed E-state index contributed by atoms with van der Waals surface area (Å²) in [6.07, 6.45) is 3.89. The maximum Gasteiger partial charge on any atom is 0.301 e. The van der Waals surface area contributed by atoms with Crippen LogP contribution in [-0.2, 0) is 16.0 Å². The Balaban J connectivity index is 1.44. The van der Waals surface area contributed by atoms with Crippen LogP contribution in [0.3, 0.4) is 0 Å². The average Bonchev–Trinajstić information content (AvgIpc) is 3.63. The summed E-state index contributed by atoms with van der Waals surface area (Å²) in [6, 6.07) is 17.0. The second kappa shape index (κ2) is 11.2. The fourth-order valence-electron chi connectivity index (χ4n) is 5.35. The molecule has 0 unspecified atom stereocenters. The number of ether oxygens (including phenoxy) is 2. The molecule has 9 heteroatoms. The highest BCUT2D eigenvalue weighted by molar-refractivity contribution is 7.22. The molecule has 210 valence electrons. The molecule has 1 saturated heterocycles. The van der Waals surface area contributed by atoms with E-state index in [1.165, 1.54) is 16.2 Å². The number of hydrogen-bond donors (Lipinski definition) is 1. The zero-order chi connectivity index (χ0) is 28.7. The normalized spacial score (nSPS) is 19.5. The van der Waals surface area contributed by atoms with E-state index < -0.39 is 17.7 Å². The summed E-state index contributed by atoms with van der Waals surface area (Å²) in [7, 11) is 0. The van der Waals surface area contributed by atoms with Crippen LogP contribution in [0.2, 0.25) is 5.02 Å². The summed E-state index contributed by atoms with van der Waals surface area (Å²) in [4.78, 5) is 33.3. The number of thiazole rings is 1. The first-order valence-corrected chi connectivity index (χ1v) is 14.9. The highest BCUT2D eigenvalue weighted by Crippen LogP contribution is 2.45. The third-order valence-electron chi connectivity index (χ3n) is 7.37. The van der Waals surface area contributed by atoms with Gasteiger partial charge in [-0.2, -0.15) is 0 Å². The second-order valence-corrected chi connectivity index (χ2v) is 11.8. The molecule has 3 aromatic carbocycles. The fraction of sp³-hybridized carbons (Fsp3) is 0.281. The van der Waals surface area contributed by atoms with Crippen LogP contribution < -0.4 is 14.4 Å². The Hall–Kier alpha value is -3.88. The predicted molar refractivity (Wildman–Crippen MR) is 161 cm³/mol. The standard InChI is InChI=1S/C32H29ClN2O5S/c1-3-4-5-14-39-23-10-6-19(7-11-23)28-27(29(36)20-8-13-25-21(16-20)15-18(2)40-25)30(37)31(38)35(28)32-34-24-12-9-22(33)17-26(24)41-32/h6-13,16-18,28,36H,3-5,14-15H2,1-2H3/t18-,28+/m0/s1. The molecule has 1 fully saturated rings. The number of amides is 1. The number of carbonyl (C=O) groups excluding carboxylic acids is 2. The first-order valence-electron chi connectivity index (χ1n) is 13.7. The van der Waals surface area contributed by atoms with Gasteiger partial charge in [0, 0.05) is 17.0 Å². The Labute approximate surface area is 247 Å². The van der Waals surface area contributed by atoms with Crippen molar-refractivity contribution in [2.24, 2.45) is 0 Å². The van der Waals surface area contributed by atoms with Crippen LogP contribution in [0, 0.1) is 0 Å². The molecule has 0 bridgehead atoms. The molecule has 2 aliphatic rings. The van der Waals surface area contributed by atoms with Gasteiger partial charge in [-0.05, 0) is 73.0 Å². The minimum Gasteiger partial charge on any atom is -0.507 e. The van der Waals surface area contributed by atoms with Crippen LogP contribution in [0.15, 0.2) is 66.2 Å².